The third-order valence-corrected chi connectivity index (χ3v) is 4.34. The van der Waals surface area contributed by atoms with Gasteiger partial charge in [-0.1, -0.05) is 11.6 Å². The van der Waals surface area contributed by atoms with Crippen LogP contribution in [0.3, 0.4) is 0 Å². The van der Waals surface area contributed by atoms with Crippen molar-refractivity contribution in [3.8, 4) is 0 Å². The molecule has 0 saturated heterocycles. The molecule has 2 heterocycles. The van der Waals surface area contributed by atoms with Crippen LogP contribution in [0.25, 0.3) is 0 Å². The second-order valence-corrected chi connectivity index (χ2v) is 6.47. The van der Waals surface area contributed by atoms with E-state index in [0.717, 1.165) is 18.4 Å². The van der Waals surface area contributed by atoms with Crippen molar-refractivity contribution in [2.45, 2.75) is 44.4 Å². The van der Waals surface area contributed by atoms with Crippen LogP contribution >= 0.6 is 11.6 Å². The molecule has 25 heavy (non-hydrogen) atoms. The first-order chi connectivity index (χ1) is 11.8. The predicted octanol–water partition coefficient (Wildman–Crippen LogP) is 2.87. The Morgan fingerprint density at radius 3 is 2.72 bits per heavy atom. The Hall–Kier alpha value is -2.03. The summed E-state index contributed by atoms with van der Waals surface area (Å²) in [5, 5.41) is 9.96. The molecule has 136 valence electrons. The second kappa shape index (κ2) is 6.70. The van der Waals surface area contributed by atoms with Gasteiger partial charge in [0.2, 0.25) is 5.91 Å². The highest BCUT2D eigenvalue weighted by molar-refractivity contribution is 6.32. The number of rotatable bonds is 6. The fourth-order valence-corrected chi connectivity index (χ4v) is 3.01. The summed E-state index contributed by atoms with van der Waals surface area (Å²) >= 11 is 5.89. The Morgan fingerprint density at radius 1 is 1.44 bits per heavy atom. The number of halogens is 4. The van der Waals surface area contributed by atoms with Gasteiger partial charge < -0.3 is 5.32 Å². The van der Waals surface area contributed by atoms with E-state index in [0.29, 0.717) is 12.2 Å². The molecular formula is C15H17ClF3N5O. The zero-order valence-corrected chi connectivity index (χ0v) is 14.2. The lowest BCUT2D eigenvalue weighted by Crippen LogP contribution is -2.24. The first-order valence-corrected chi connectivity index (χ1v) is 8.21. The number of carbonyl (C=O) groups is 1. The lowest BCUT2D eigenvalue weighted by Gasteiger charge is -2.07. The van der Waals surface area contributed by atoms with Crippen molar-refractivity contribution in [1.82, 2.24) is 24.9 Å². The van der Waals surface area contributed by atoms with Gasteiger partial charge in [0.15, 0.2) is 5.69 Å². The molecule has 0 radical (unpaired) electrons. The molecule has 1 amide bonds. The Kier molecular flexibility index (Phi) is 4.77. The third kappa shape index (κ3) is 4.15. The number of aromatic nitrogens is 4. The Labute approximate surface area is 146 Å². The van der Waals surface area contributed by atoms with E-state index < -0.39 is 11.9 Å². The molecule has 0 bridgehead atoms. The lowest BCUT2D eigenvalue weighted by atomic mass is 10.2. The number of amides is 1. The van der Waals surface area contributed by atoms with Gasteiger partial charge in [-0.15, -0.1) is 0 Å². The molecule has 0 atom stereocenters. The van der Waals surface area contributed by atoms with Gasteiger partial charge in [-0.05, 0) is 12.8 Å². The van der Waals surface area contributed by atoms with Crippen LogP contribution in [0.1, 0.15) is 42.1 Å². The molecule has 6 nitrogen and oxygen atoms in total. The maximum absolute atomic E-state index is 13.0. The van der Waals surface area contributed by atoms with Crippen LogP contribution in [0.2, 0.25) is 5.02 Å². The smallest absolute Gasteiger partial charge is 0.352 e. The minimum atomic E-state index is -4.60. The van der Waals surface area contributed by atoms with Gasteiger partial charge in [0.1, 0.15) is 0 Å². The number of aryl methyl sites for hydroxylation is 2. The van der Waals surface area contributed by atoms with E-state index in [1.807, 2.05) is 0 Å². The largest absolute Gasteiger partial charge is 0.436 e. The predicted molar refractivity (Wildman–Crippen MR) is 83.9 cm³/mol. The van der Waals surface area contributed by atoms with Crippen molar-refractivity contribution in [3.05, 3.63) is 34.4 Å². The van der Waals surface area contributed by atoms with Crippen molar-refractivity contribution in [1.29, 1.82) is 0 Å². The van der Waals surface area contributed by atoms with Crippen molar-refractivity contribution < 1.29 is 18.0 Å². The summed E-state index contributed by atoms with van der Waals surface area (Å²) in [6.45, 7) is 0.371. The molecule has 0 unspecified atom stereocenters. The lowest BCUT2D eigenvalue weighted by molar-refractivity contribution is -0.141. The van der Waals surface area contributed by atoms with Gasteiger partial charge in [-0.3, -0.25) is 14.2 Å². The molecule has 2 aromatic heterocycles. The van der Waals surface area contributed by atoms with E-state index in [4.69, 9.17) is 11.6 Å². The van der Waals surface area contributed by atoms with E-state index in [2.05, 4.69) is 15.5 Å². The molecule has 1 aliphatic rings. The van der Waals surface area contributed by atoms with Crippen molar-refractivity contribution in [2.24, 2.45) is 7.05 Å². The zero-order chi connectivity index (χ0) is 18.2. The number of alkyl halides is 3. The monoisotopic (exact) mass is 375 g/mol. The number of hydrogen-bond donors (Lipinski definition) is 1. The van der Waals surface area contributed by atoms with Crippen LogP contribution in [0.5, 0.6) is 0 Å². The van der Waals surface area contributed by atoms with E-state index in [9.17, 15) is 18.0 Å². The highest BCUT2D eigenvalue weighted by atomic mass is 35.5. The van der Waals surface area contributed by atoms with Gasteiger partial charge >= 0.3 is 6.18 Å². The minimum Gasteiger partial charge on any atom is -0.352 e. The van der Waals surface area contributed by atoms with Crippen molar-refractivity contribution >= 4 is 17.5 Å². The second-order valence-electron chi connectivity index (χ2n) is 6.09. The van der Waals surface area contributed by atoms with Gasteiger partial charge in [0.05, 0.1) is 23.5 Å². The summed E-state index contributed by atoms with van der Waals surface area (Å²) in [5.74, 6) is -0.277. The summed E-state index contributed by atoms with van der Waals surface area (Å²) in [5.41, 5.74) is 0.150. The summed E-state index contributed by atoms with van der Waals surface area (Å²) in [4.78, 5) is 11.9. The molecule has 2 aromatic rings. The number of carbonyl (C=O) groups excluding carboxylic acids is 1. The molecule has 3 rings (SSSR count). The van der Waals surface area contributed by atoms with E-state index >= 15 is 0 Å². The number of nitrogens with zero attached hydrogens (tertiary/aromatic N) is 4. The first-order valence-electron chi connectivity index (χ1n) is 7.83. The van der Waals surface area contributed by atoms with Gasteiger partial charge in [0.25, 0.3) is 0 Å². The van der Waals surface area contributed by atoms with E-state index in [-0.39, 0.29) is 29.8 Å². The molecular weight excluding hydrogens is 359 g/mol. The average molecular weight is 376 g/mol. The van der Waals surface area contributed by atoms with Crippen LogP contribution in [-0.4, -0.2) is 25.5 Å². The third-order valence-electron chi connectivity index (χ3n) is 3.96. The maximum atomic E-state index is 13.0. The quantitative estimate of drug-likeness (QED) is 0.844. The fourth-order valence-electron chi connectivity index (χ4n) is 2.61. The highest BCUT2D eigenvalue weighted by Gasteiger charge is 2.41. The Morgan fingerprint density at radius 2 is 2.16 bits per heavy atom. The fraction of sp³-hybridized carbons (Fsp3) is 0.533. The summed E-state index contributed by atoms with van der Waals surface area (Å²) in [6.07, 6.45) is 0.401. The molecule has 10 heteroatoms. The van der Waals surface area contributed by atoms with Gasteiger partial charge in [-0.25, -0.2) is 0 Å². The van der Waals surface area contributed by atoms with Crippen LogP contribution in [0.15, 0.2) is 12.4 Å². The van der Waals surface area contributed by atoms with Crippen molar-refractivity contribution in [3.63, 3.8) is 0 Å². The highest BCUT2D eigenvalue weighted by Crippen LogP contribution is 2.46. The standard InChI is InChI=1S/C15H17ClF3N5O/c1-23-8-9(7-21-23)6-20-11(25)4-5-24-13(10-2-3-10)12(16)14(22-24)15(17,18)19/h7-8,10H,2-6H2,1H3,(H,20,25). The Bertz CT molecular complexity index is 779. The normalized spacial score (nSPS) is 14.8. The van der Waals surface area contributed by atoms with E-state index in [1.165, 1.54) is 4.68 Å². The number of nitrogens with one attached hydrogen (secondary N) is 1. The molecule has 0 aromatic carbocycles. The molecule has 1 fully saturated rings. The molecule has 1 saturated carbocycles. The van der Waals surface area contributed by atoms with Crippen molar-refractivity contribution in [2.75, 3.05) is 0 Å². The Balaban J connectivity index is 1.63. The number of hydrogen-bond acceptors (Lipinski definition) is 3. The summed E-state index contributed by atoms with van der Waals surface area (Å²) < 4.78 is 41.8. The SMILES string of the molecule is Cn1cc(CNC(=O)CCn2nc(C(F)(F)F)c(Cl)c2C2CC2)cn1. The van der Waals surface area contributed by atoms with Crippen LogP contribution in [-0.2, 0) is 31.1 Å². The topological polar surface area (TPSA) is 64.7 Å². The first kappa shape index (κ1) is 17.8. The minimum absolute atomic E-state index is 0.00504. The van der Waals surface area contributed by atoms with Gasteiger partial charge in [0, 0.05) is 37.7 Å². The van der Waals surface area contributed by atoms with Crippen LogP contribution < -0.4 is 5.32 Å². The van der Waals surface area contributed by atoms with Crippen LogP contribution in [0.4, 0.5) is 13.2 Å². The summed E-state index contributed by atoms with van der Waals surface area (Å²) in [6, 6.07) is 0. The molecule has 0 aliphatic heterocycles. The molecule has 1 N–H and O–H groups in total. The van der Waals surface area contributed by atoms with E-state index in [1.54, 1.807) is 24.1 Å². The summed E-state index contributed by atoms with van der Waals surface area (Å²) in [7, 11) is 1.77. The van der Waals surface area contributed by atoms with Crippen LogP contribution in [0, 0.1) is 0 Å². The maximum Gasteiger partial charge on any atom is 0.436 e. The molecule has 0 spiro atoms. The van der Waals surface area contributed by atoms with Gasteiger partial charge in [-0.2, -0.15) is 23.4 Å². The average Bonchev–Trinajstić information content (AvgIpc) is 3.18. The molecule has 1 aliphatic carbocycles. The zero-order valence-electron chi connectivity index (χ0n) is 13.5.